The maximum Gasteiger partial charge on any atom is 0.236 e. The number of nitrogens with one attached hydrogen (secondary N) is 1. The first-order valence-corrected chi connectivity index (χ1v) is 11.4. The number of nitrogens with zero attached hydrogens (tertiary/aromatic N) is 6. The molecule has 11 heteroatoms. The second-order valence-corrected chi connectivity index (χ2v) is 8.58. The van der Waals surface area contributed by atoms with Crippen molar-refractivity contribution in [2.45, 2.75) is 19.0 Å². The number of anilines is 2. The van der Waals surface area contributed by atoms with Gasteiger partial charge in [0.2, 0.25) is 11.9 Å². The number of carbonyl (C=O) groups is 1. The van der Waals surface area contributed by atoms with Gasteiger partial charge in [0, 0.05) is 31.5 Å². The second-order valence-electron chi connectivity index (χ2n) is 7.64. The van der Waals surface area contributed by atoms with E-state index in [1.165, 1.54) is 23.9 Å². The molecule has 9 nitrogen and oxygen atoms in total. The largest absolute Gasteiger partial charge is 0.378 e. The van der Waals surface area contributed by atoms with Crippen molar-refractivity contribution in [2.24, 2.45) is 7.05 Å². The van der Waals surface area contributed by atoms with E-state index in [9.17, 15) is 14.4 Å². The highest BCUT2D eigenvalue weighted by atomic mass is 32.2. The fourth-order valence-corrected chi connectivity index (χ4v) is 4.45. The van der Waals surface area contributed by atoms with E-state index in [1.54, 1.807) is 16.7 Å². The first-order valence-electron chi connectivity index (χ1n) is 10.4. The zero-order chi connectivity index (χ0) is 23.5. The molecule has 1 aliphatic rings. The van der Waals surface area contributed by atoms with Crippen molar-refractivity contribution < 1.29 is 13.9 Å². The number of carbonyl (C=O) groups excluding carboxylic acids is 1. The maximum atomic E-state index is 13.4. The fourth-order valence-electron chi connectivity index (χ4n) is 3.74. The molecule has 1 N–H and O–H groups in total. The average molecular weight is 470 g/mol. The van der Waals surface area contributed by atoms with Crippen molar-refractivity contribution >= 4 is 29.4 Å². The van der Waals surface area contributed by atoms with Gasteiger partial charge in [-0.2, -0.15) is 5.26 Å². The van der Waals surface area contributed by atoms with Gasteiger partial charge in [-0.25, -0.2) is 4.39 Å². The Bertz CT molecular complexity index is 1210. The summed E-state index contributed by atoms with van der Waals surface area (Å²) in [5, 5.41) is 21.7. The molecule has 1 aromatic carbocycles. The van der Waals surface area contributed by atoms with Gasteiger partial charge in [-0.15, -0.1) is 10.2 Å². The highest BCUT2D eigenvalue weighted by Gasteiger charge is 2.22. The number of rotatable bonds is 6. The summed E-state index contributed by atoms with van der Waals surface area (Å²) in [6.07, 6.45) is 0. The number of amides is 1. The van der Waals surface area contributed by atoms with Crippen LogP contribution < -0.4 is 10.2 Å². The minimum absolute atomic E-state index is 0.0899. The van der Waals surface area contributed by atoms with Crippen LogP contribution in [0.2, 0.25) is 0 Å². The van der Waals surface area contributed by atoms with E-state index in [0.717, 1.165) is 30.3 Å². The van der Waals surface area contributed by atoms with Gasteiger partial charge < -0.3 is 15.0 Å². The molecule has 3 heterocycles. The second kappa shape index (κ2) is 9.64. The fraction of sp³-hybridized carbons (Fsp3) is 0.364. The van der Waals surface area contributed by atoms with Crippen molar-refractivity contribution in [3.05, 3.63) is 46.9 Å². The van der Waals surface area contributed by atoms with Gasteiger partial charge >= 0.3 is 0 Å². The normalized spacial score (nSPS) is 13.7. The van der Waals surface area contributed by atoms with Crippen LogP contribution >= 0.6 is 11.8 Å². The molecular formula is C22H24FN7O2S. The molecule has 1 aliphatic heterocycles. The Kier molecular flexibility index (Phi) is 6.67. The van der Waals surface area contributed by atoms with Crippen molar-refractivity contribution in [3.8, 4) is 11.8 Å². The van der Waals surface area contributed by atoms with Crippen LogP contribution in [0.5, 0.6) is 0 Å². The van der Waals surface area contributed by atoms with Crippen LogP contribution in [0, 0.1) is 31.0 Å². The van der Waals surface area contributed by atoms with E-state index in [1.807, 2.05) is 25.5 Å². The summed E-state index contributed by atoms with van der Waals surface area (Å²) in [7, 11) is 1.87. The number of ether oxygens (including phenoxy) is 1. The predicted octanol–water partition coefficient (Wildman–Crippen LogP) is 2.80. The van der Waals surface area contributed by atoms with Gasteiger partial charge in [0.05, 0.1) is 24.5 Å². The summed E-state index contributed by atoms with van der Waals surface area (Å²) in [4.78, 5) is 14.9. The van der Waals surface area contributed by atoms with Gasteiger partial charge in [0.25, 0.3) is 0 Å². The molecule has 172 valence electrons. The highest BCUT2D eigenvalue weighted by molar-refractivity contribution is 7.99. The van der Waals surface area contributed by atoms with E-state index in [2.05, 4.69) is 26.5 Å². The summed E-state index contributed by atoms with van der Waals surface area (Å²) in [6, 6.07) is 8.09. The van der Waals surface area contributed by atoms with Gasteiger partial charge in [-0.1, -0.05) is 11.8 Å². The van der Waals surface area contributed by atoms with Crippen LogP contribution in [0.25, 0.3) is 5.69 Å². The third-order valence-corrected chi connectivity index (χ3v) is 6.63. The van der Waals surface area contributed by atoms with Crippen LogP contribution in [0.1, 0.15) is 16.8 Å². The summed E-state index contributed by atoms with van der Waals surface area (Å²) < 4.78 is 22.4. The Labute approximate surface area is 195 Å². The van der Waals surface area contributed by atoms with Crippen LogP contribution in [0.15, 0.2) is 29.4 Å². The number of benzene rings is 1. The summed E-state index contributed by atoms with van der Waals surface area (Å²) in [6.45, 7) is 6.46. The third kappa shape index (κ3) is 4.58. The molecule has 3 aromatic rings. The minimum Gasteiger partial charge on any atom is -0.378 e. The molecule has 0 atom stereocenters. The molecule has 33 heavy (non-hydrogen) atoms. The molecule has 0 radical (unpaired) electrons. The van der Waals surface area contributed by atoms with Crippen molar-refractivity contribution in [2.75, 3.05) is 42.3 Å². The topological polar surface area (TPSA) is 101 Å². The van der Waals surface area contributed by atoms with Gasteiger partial charge in [0.1, 0.15) is 17.7 Å². The molecule has 0 bridgehead atoms. The highest BCUT2D eigenvalue weighted by Crippen LogP contribution is 2.30. The van der Waals surface area contributed by atoms with Crippen LogP contribution in [-0.2, 0) is 16.6 Å². The molecule has 0 aliphatic carbocycles. The van der Waals surface area contributed by atoms with Gasteiger partial charge in [0.15, 0.2) is 5.16 Å². The first-order chi connectivity index (χ1) is 15.9. The van der Waals surface area contributed by atoms with Crippen LogP contribution in [0.3, 0.4) is 0 Å². The summed E-state index contributed by atoms with van der Waals surface area (Å²) in [5.41, 5.74) is 2.59. The van der Waals surface area contributed by atoms with Crippen molar-refractivity contribution in [3.63, 3.8) is 0 Å². The Morgan fingerprint density at radius 2 is 1.94 bits per heavy atom. The zero-order valence-electron chi connectivity index (χ0n) is 18.6. The predicted molar refractivity (Wildman–Crippen MR) is 123 cm³/mol. The van der Waals surface area contributed by atoms with E-state index < -0.39 is 0 Å². The lowest BCUT2D eigenvalue weighted by molar-refractivity contribution is -0.113. The molecule has 1 amide bonds. The van der Waals surface area contributed by atoms with Crippen LogP contribution in [0.4, 0.5) is 16.2 Å². The number of halogens is 1. The number of aromatic nitrogens is 4. The molecule has 2 aromatic heterocycles. The Morgan fingerprint density at radius 3 is 2.61 bits per heavy atom. The van der Waals surface area contributed by atoms with Crippen LogP contribution in [-0.4, -0.2) is 57.3 Å². The number of hydrogen-bond donors (Lipinski definition) is 1. The Balaban J connectivity index is 1.51. The van der Waals surface area contributed by atoms with E-state index in [0.29, 0.717) is 35.4 Å². The maximum absolute atomic E-state index is 13.4. The molecule has 4 rings (SSSR count). The van der Waals surface area contributed by atoms with Gasteiger partial charge in [-0.3, -0.25) is 13.9 Å². The lowest BCUT2D eigenvalue weighted by Gasteiger charge is -2.27. The molecular weight excluding hydrogens is 445 g/mol. The van der Waals surface area contributed by atoms with Gasteiger partial charge in [-0.05, 0) is 43.7 Å². The summed E-state index contributed by atoms with van der Waals surface area (Å²) in [5.74, 6) is 0.560. The van der Waals surface area contributed by atoms with Crippen molar-refractivity contribution in [1.29, 1.82) is 5.26 Å². The minimum atomic E-state index is -0.358. The third-order valence-electron chi connectivity index (χ3n) is 5.61. The molecule has 0 saturated carbocycles. The first kappa shape index (κ1) is 22.8. The molecule has 0 unspecified atom stereocenters. The standard InChI is InChI=1S/C22H24FN7O2S/c1-14-15(2)30(17-6-4-16(23)5-7-17)20(18(14)12-24)25-19(31)13-33-22-27-26-21(28(22)3)29-8-10-32-11-9-29/h4-7H,8-11,13H2,1-3H3,(H,25,31). The number of nitriles is 1. The summed E-state index contributed by atoms with van der Waals surface area (Å²) >= 11 is 1.26. The quantitative estimate of drug-likeness (QED) is 0.554. The van der Waals surface area contributed by atoms with E-state index in [4.69, 9.17) is 4.74 Å². The number of hydrogen-bond acceptors (Lipinski definition) is 7. The Morgan fingerprint density at radius 1 is 1.24 bits per heavy atom. The average Bonchev–Trinajstić information content (AvgIpc) is 3.30. The van der Waals surface area contributed by atoms with E-state index >= 15 is 0 Å². The van der Waals surface area contributed by atoms with Crippen molar-refractivity contribution in [1.82, 2.24) is 19.3 Å². The number of thioether (sulfide) groups is 1. The lowest BCUT2D eigenvalue weighted by Crippen LogP contribution is -2.37. The smallest absolute Gasteiger partial charge is 0.236 e. The zero-order valence-corrected chi connectivity index (χ0v) is 19.4. The molecule has 0 spiro atoms. The lowest BCUT2D eigenvalue weighted by atomic mass is 10.2. The number of morpholine rings is 1. The molecule has 1 saturated heterocycles. The monoisotopic (exact) mass is 469 g/mol. The SMILES string of the molecule is Cc1c(C#N)c(NC(=O)CSc2nnc(N3CCOCC3)n2C)n(-c2ccc(F)cc2)c1C. The molecule has 1 fully saturated rings. The van der Waals surface area contributed by atoms with E-state index in [-0.39, 0.29) is 17.5 Å². The Hall–Kier alpha value is -3.36.